The van der Waals surface area contributed by atoms with E-state index < -0.39 is 0 Å². The van der Waals surface area contributed by atoms with Crippen molar-refractivity contribution < 1.29 is 4.79 Å². The highest BCUT2D eigenvalue weighted by Crippen LogP contribution is 1.95. The zero-order valence-electron chi connectivity index (χ0n) is 5.78. The predicted molar refractivity (Wildman–Crippen MR) is 38.6 cm³/mol. The molecule has 9 heavy (non-hydrogen) atoms. The summed E-state index contributed by atoms with van der Waals surface area (Å²) in [6, 6.07) is -0.156. The number of rotatable bonds is 4. The Balaban J connectivity index is 3.54. The van der Waals surface area contributed by atoms with Crippen molar-refractivity contribution >= 4 is 16.8 Å². The molecule has 0 heterocycles. The fourth-order valence-corrected chi connectivity index (χ4v) is 0.863. The van der Waals surface area contributed by atoms with Gasteiger partial charge in [-0.2, -0.15) is 0 Å². The van der Waals surface area contributed by atoms with E-state index in [4.69, 9.17) is 11.6 Å². The minimum Gasteiger partial charge on any atom is -0.307 e. The summed E-state index contributed by atoms with van der Waals surface area (Å²) in [6.07, 6.45) is 0.760. The molecule has 0 saturated carbocycles. The van der Waals surface area contributed by atoms with Gasteiger partial charge in [-0.25, -0.2) is 0 Å². The molecule has 0 aliphatic carbocycles. The molecule has 3 heteroatoms. The minimum absolute atomic E-state index is 0.156. The number of likely N-dealkylation sites (N-methyl/N-ethyl adjacent to an activating group) is 1. The lowest BCUT2D eigenvalue weighted by atomic mass is 10.2. The molecule has 0 aliphatic rings. The van der Waals surface area contributed by atoms with E-state index in [1.54, 1.807) is 0 Å². The van der Waals surface area contributed by atoms with Gasteiger partial charge in [-0.3, -0.25) is 4.79 Å². The highest BCUT2D eigenvalue weighted by Gasteiger charge is 2.10. The SMILES string of the molecule is CCNC(CC)C(=O)Cl. The van der Waals surface area contributed by atoms with Crippen molar-refractivity contribution in [3.63, 3.8) is 0 Å². The van der Waals surface area contributed by atoms with Crippen molar-refractivity contribution in [1.82, 2.24) is 5.32 Å². The Kier molecular flexibility index (Phi) is 4.72. The van der Waals surface area contributed by atoms with Crippen LogP contribution in [-0.2, 0) is 4.79 Å². The Labute approximate surface area is 60.6 Å². The number of carbonyl (C=O) groups excluding carboxylic acids is 1. The summed E-state index contributed by atoms with van der Waals surface area (Å²) in [5.74, 6) is 0. The van der Waals surface area contributed by atoms with Gasteiger partial charge in [-0.05, 0) is 24.6 Å². The molecular weight excluding hydrogens is 138 g/mol. The molecular formula is C6H12ClNO. The first kappa shape index (κ1) is 8.92. The Bertz CT molecular complexity index is 95.1. The lowest BCUT2D eigenvalue weighted by molar-refractivity contribution is -0.113. The monoisotopic (exact) mass is 149 g/mol. The third kappa shape index (κ3) is 3.49. The number of hydrogen-bond acceptors (Lipinski definition) is 2. The van der Waals surface area contributed by atoms with Crippen LogP contribution >= 0.6 is 11.6 Å². The van der Waals surface area contributed by atoms with E-state index in [1.807, 2.05) is 13.8 Å². The van der Waals surface area contributed by atoms with Crippen LogP contribution < -0.4 is 5.32 Å². The number of nitrogens with one attached hydrogen (secondary N) is 1. The summed E-state index contributed by atoms with van der Waals surface area (Å²) in [7, 11) is 0. The van der Waals surface area contributed by atoms with Gasteiger partial charge in [0.2, 0.25) is 5.24 Å². The van der Waals surface area contributed by atoms with Gasteiger partial charge < -0.3 is 5.32 Å². The van der Waals surface area contributed by atoms with Gasteiger partial charge in [0.05, 0.1) is 6.04 Å². The second kappa shape index (κ2) is 4.77. The zero-order valence-corrected chi connectivity index (χ0v) is 6.53. The molecule has 0 amide bonds. The van der Waals surface area contributed by atoms with E-state index in [9.17, 15) is 4.79 Å². The van der Waals surface area contributed by atoms with Crippen LogP contribution in [0.4, 0.5) is 0 Å². The quantitative estimate of drug-likeness (QED) is 0.608. The van der Waals surface area contributed by atoms with Crippen molar-refractivity contribution in [2.45, 2.75) is 26.3 Å². The Hall–Kier alpha value is -0.0800. The van der Waals surface area contributed by atoms with Gasteiger partial charge in [0.15, 0.2) is 0 Å². The molecule has 0 rings (SSSR count). The topological polar surface area (TPSA) is 29.1 Å². The van der Waals surface area contributed by atoms with E-state index in [0.29, 0.717) is 0 Å². The zero-order chi connectivity index (χ0) is 7.28. The minimum atomic E-state index is -0.292. The fraction of sp³-hybridized carbons (Fsp3) is 0.833. The molecule has 0 aromatic rings. The van der Waals surface area contributed by atoms with Crippen molar-refractivity contribution in [1.29, 1.82) is 0 Å². The maximum absolute atomic E-state index is 10.5. The fourth-order valence-electron chi connectivity index (χ4n) is 0.631. The molecule has 1 N–H and O–H groups in total. The van der Waals surface area contributed by atoms with Crippen LogP contribution in [0.25, 0.3) is 0 Å². The van der Waals surface area contributed by atoms with Crippen LogP contribution in [0.3, 0.4) is 0 Å². The first-order chi connectivity index (χ1) is 4.22. The molecule has 1 atom stereocenters. The lowest BCUT2D eigenvalue weighted by Gasteiger charge is -2.08. The van der Waals surface area contributed by atoms with Gasteiger partial charge in [0, 0.05) is 0 Å². The number of hydrogen-bond donors (Lipinski definition) is 1. The lowest BCUT2D eigenvalue weighted by Crippen LogP contribution is -2.33. The summed E-state index contributed by atoms with van der Waals surface area (Å²) in [4.78, 5) is 10.5. The maximum atomic E-state index is 10.5. The maximum Gasteiger partial charge on any atom is 0.238 e. The highest BCUT2D eigenvalue weighted by molar-refractivity contribution is 6.64. The van der Waals surface area contributed by atoms with Crippen LogP contribution in [-0.4, -0.2) is 17.8 Å². The molecule has 0 bridgehead atoms. The molecule has 0 saturated heterocycles. The van der Waals surface area contributed by atoms with E-state index in [1.165, 1.54) is 0 Å². The van der Waals surface area contributed by atoms with Crippen LogP contribution in [0, 0.1) is 0 Å². The van der Waals surface area contributed by atoms with Crippen molar-refractivity contribution in [2.75, 3.05) is 6.54 Å². The standard InChI is InChI=1S/C6H12ClNO/c1-3-5(6(7)9)8-4-2/h5,8H,3-4H2,1-2H3. The van der Waals surface area contributed by atoms with Gasteiger partial charge in [0.25, 0.3) is 0 Å². The Morgan fingerprint density at radius 2 is 2.22 bits per heavy atom. The van der Waals surface area contributed by atoms with E-state index >= 15 is 0 Å². The smallest absolute Gasteiger partial charge is 0.238 e. The van der Waals surface area contributed by atoms with Crippen LogP contribution in [0.1, 0.15) is 20.3 Å². The molecule has 0 fully saturated rings. The molecule has 0 aliphatic heterocycles. The molecule has 0 radical (unpaired) electrons. The van der Waals surface area contributed by atoms with Crippen LogP contribution in [0.15, 0.2) is 0 Å². The normalized spacial score (nSPS) is 13.2. The summed E-state index contributed by atoms with van der Waals surface area (Å²) in [6.45, 7) is 4.66. The first-order valence-electron chi connectivity index (χ1n) is 3.15. The van der Waals surface area contributed by atoms with E-state index in [2.05, 4.69) is 5.32 Å². The molecule has 2 nitrogen and oxygen atoms in total. The average Bonchev–Trinajstić information content (AvgIpc) is 1.82. The third-order valence-corrected chi connectivity index (χ3v) is 1.40. The summed E-state index contributed by atoms with van der Waals surface area (Å²) < 4.78 is 0. The van der Waals surface area contributed by atoms with Crippen molar-refractivity contribution in [3.8, 4) is 0 Å². The van der Waals surface area contributed by atoms with Gasteiger partial charge in [-0.15, -0.1) is 0 Å². The summed E-state index contributed by atoms with van der Waals surface area (Å²) >= 11 is 5.22. The summed E-state index contributed by atoms with van der Waals surface area (Å²) in [5.41, 5.74) is 0. The third-order valence-electron chi connectivity index (χ3n) is 1.13. The number of halogens is 1. The summed E-state index contributed by atoms with van der Waals surface area (Å²) in [5, 5.41) is 2.66. The van der Waals surface area contributed by atoms with Crippen molar-refractivity contribution in [3.05, 3.63) is 0 Å². The highest BCUT2D eigenvalue weighted by atomic mass is 35.5. The Morgan fingerprint density at radius 1 is 1.67 bits per heavy atom. The molecule has 1 unspecified atom stereocenters. The van der Waals surface area contributed by atoms with E-state index in [-0.39, 0.29) is 11.3 Å². The largest absolute Gasteiger partial charge is 0.307 e. The van der Waals surface area contributed by atoms with Gasteiger partial charge >= 0.3 is 0 Å². The second-order valence-corrected chi connectivity index (χ2v) is 2.20. The molecule has 0 aromatic heterocycles. The molecule has 0 spiro atoms. The van der Waals surface area contributed by atoms with Crippen molar-refractivity contribution in [2.24, 2.45) is 0 Å². The average molecular weight is 150 g/mol. The van der Waals surface area contributed by atoms with Gasteiger partial charge in [-0.1, -0.05) is 13.8 Å². The molecule has 54 valence electrons. The van der Waals surface area contributed by atoms with E-state index in [0.717, 1.165) is 13.0 Å². The van der Waals surface area contributed by atoms with Crippen LogP contribution in [0.5, 0.6) is 0 Å². The molecule has 0 aromatic carbocycles. The van der Waals surface area contributed by atoms with Gasteiger partial charge in [0.1, 0.15) is 0 Å². The Morgan fingerprint density at radius 3 is 2.33 bits per heavy atom. The number of carbonyl (C=O) groups is 1. The first-order valence-corrected chi connectivity index (χ1v) is 3.52. The second-order valence-electron chi connectivity index (χ2n) is 1.82. The predicted octanol–water partition coefficient (Wildman–Crippen LogP) is 1.14. The van der Waals surface area contributed by atoms with Crippen LogP contribution in [0.2, 0.25) is 0 Å².